The van der Waals surface area contributed by atoms with Gasteiger partial charge in [0.05, 0.1) is 5.52 Å². The molecule has 6 rings (SSSR count). The number of halogens is 1. The fraction of sp³-hybridized carbons (Fsp3) is 0.0588. The standard InChI is InChI=1S/C34H25FN6O2/c1-5-20-17-23(9-14-29(20)40(2)3)36-34(43)28-13-11-25-26(35)19-22-8-12-27(38-31(22)32(25)39-28)33(42)37-24-10-15-30-21(18-24)7-6-16-41(30)4/h5-19H,1-2H2,3-4H3/p+2. The number of rotatable bonds is 6. The van der Waals surface area contributed by atoms with Gasteiger partial charge in [0.1, 0.15) is 43.5 Å². The van der Waals surface area contributed by atoms with E-state index < -0.39 is 17.6 Å². The van der Waals surface area contributed by atoms with Crippen LogP contribution in [0.3, 0.4) is 0 Å². The molecule has 0 spiro atoms. The monoisotopic (exact) mass is 570 g/mol. The normalized spacial score (nSPS) is 11.0. The zero-order chi connectivity index (χ0) is 30.2. The molecule has 0 saturated carbocycles. The van der Waals surface area contributed by atoms with Gasteiger partial charge in [-0.15, -0.1) is 0 Å². The summed E-state index contributed by atoms with van der Waals surface area (Å²) in [5.74, 6) is -1.42. The number of carbonyl (C=O) groups is 2. The van der Waals surface area contributed by atoms with Gasteiger partial charge in [0, 0.05) is 51.3 Å². The predicted molar refractivity (Wildman–Crippen MR) is 168 cm³/mol. The molecule has 43 heavy (non-hydrogen) atoms. The molecule has 0 saturated heterocycles. The molecule has 2 N–H and O–H groups in total. The Bertz CT molecular complexity index is 2160. The van der Waals surface area contributed by atoms with Crippen molar-refractivity contribution in [3.8, 4) is 0 Å². The Hall–Kier alpha value is -5.83. The maximum absolute atomic E-state index is 15.0. The van der Waals surface area contributed by atoms with Crippen molar-refractivity contribution in [2.24, 2.45) is 7.05 Å². The van der Waals surface area contributed by atoms with Crippen LogP contribution in [0.25, 0.3) is 38.8 Å². The summed E-state index contributed by atoms with van der Waals surface area (Å²) in [6.45, 7) is 7.72. The molecule has 0 radical (unpaired) electrons. The number of hydrogen-bond acceptors (Lipinski definition) is 4. The number of carbonyl (C=O) groups excluding carboxylic acids is 2. The first-order valence-corrected chi connectivity index (χ1v) is 13.4. The molecule has 6 aromatic rings. The molecular formula is C34H27FN6O2+2. The largest absolute Gasteiger partial charge is 0.321 e. The number of aromatic nitrogens is 3. The zero-order valence-electron chi connectivity index (χ0n) is 23.6. The van der Waals surface area contributed by atoms with Crippen LogP contribution in [-0.4, -0.2) is 40.1 Å². The molecule has 0 fully saturated rings. The van der Waals surface area contributed by atoms with Crippen LogP contribution in [-0.2, 0) is 7.05 Å². The van der Waals surface area contributed by atoms with Crippen molar-refractivity contribution in [1.29, 1.82) is 0 Å². The molecule has 8 nitrogen and oxygen atoms in total. The second kappa shape index (κ2) is 10.9. The molecule has 3 aromatic carbocycles. The molecule has 0 aliphatic carbocycles. The maximum Gasteiger partial charge on any atom is 0.274 e. The van der Waals surface area contributed by atoms with E-state index >= 15 is 4.39 Å². The first-order chi connectivity index (χ1) is 20.7. The summed E-state index contributed by atoms with van der Waals surface area (Å²) < 4.78 is 18.7. The summed E-state index contributed by atoms with van der Waals surface area (Å²) in [4.78, 5) is 35.4. The molecule has 3 aromatic heterocycles. The molecular weight excluding hydrogens is 543 g/mol. The number of nitrogens with one attached hydrogen (secondary N) is 2. The highest BCUT2D eigenvalue weighted by atomic mass is 19.1. The topological polar surface area (TPSA) is 90.9 Å². The Kier molecular flexibility index (Phi) is 6.91. The van der Waals surface area contributed by atoms with E-state index in [1.165, 1.54) is 24.3 Å². The van der Waals surface area contributed by atoms with Crippen LogP contribution < -0.4 is 15.2 Å². The van der Waals surface area contributed by atoms with Crippen LogP contribution in [0.2, 0.25) is 0 Å². The highest BCUT2D eigenvalue weighted by molar-refractivity contribution is 6.10. The summed E-state index contributed by atoms with van der Waals surface area (Å²) in [6, 6.07) is 22.3. The van der Waals surface area contributed by atoms with Crippen LogP contribution >= 0.6 is 0 Å². The Morgan fingerprint density at radius 1 is 0.860 bits per heavy atom. The third-order valence-corrected chi connectivity index (χ3v) is 7.22. The number of anilines is 2. The van der Waals surface area contributed by atoms with Gasteiger partial charge < -0.3 is 10.6 Å². The van der Waals surface area contributed by atoms with E-state index in [9.17, 15) is 9.59 Å². The summed E-state index contributed by atoms with van der Waals surface area (Å²) in [6.07, 6.45) is 3.63. The van der Waals surface area contributed by atoms with Gasteiger partial charge in [0.2, 0.25) is 11.2 Å². The fourth-order valence-electron chi connectivity index (χ4n) is 5.05. The van der Waals surface area contributed by atoms with Crippen LogP contribution in [0.5, 0.6) is 0 Å². The zero-order valence-corrected chi connectivity index (χ0v) is 23.6. The van der Waals surface area contributed by atoms with Gasteiger partial charge in [-0.1, -0.05) is 18.7 Å². The fourth-order valence-corrected chi connectivity index (χ4v) is 5.05. The van der Waals surface area contributed by atoms with Crippen molar-refractivity contribution in [2.45, 2.75) is 0 Å². The van der Waals surface area contributed by atoms with E-state index in [1.807, 2.05) is 61.3 Å². The highest BCUT2D eigenvalue weighted by Crippen LogP contribution is 2.28. The van der Waals surface area contributed by atoms with Crippen molar-refractivity contribution in [3.63, 3.8) is 0 Å². The van der Waals surface area contributed by atoms with E-state index in [1.54, 1.807) is 28.9 Å². The van der Waals surface area contributed by atoms with E-state index in [-0.39, 0.29) is 22.3 Å². The average Bonchev–Trinajstić information content (AvgIpc) is 3.00. The second-order valence-corrected chi connectivity index (χ2v) is 10.2. The number of fused-ring (bicyclic) bond motifs is 4. The molecule has 3 heterocycles. The van der Waals surface area contributed by atoms with Gasteiger partial charge in [-0.25, -0.2) is 23.5 Å². The first kappa shape index (κ1) is 27.3. The highest BCUT2D eigenvalue weighted by Gasteiger charge is 2.17. The molecule has 0 bridgehead atoms. The minimum atomic E-state index is -0.506. The van der Waals surface area contributed by atoms with E-state index in [0.29, 0.717) is 22.3 Å². The first-order valence-electron chi connectivity index (χ1n) is 13.4. The number of amides is 2. The second-order valence-electron chi connectivity index (χ2n) is 10.2. The van der Waals surface area contributed by atoms with Gasteiger partial charge in [-0.05, 0) is 54.6 Å². The lowest BCUT2D eigenvalue weighted by molar-refractivity contribution is -0.644. The Morgan fingerprint density at radius 2 is 1.53 bits per heavy atom. The SMILES string of the molecule is C=Cc1cc(NC(=O)c2ccc3c(F)cc4ccc(C(=O)Nc5ccc6c(ccc[n+]6C)c5)nc4c3n2)ccc1[N+](=C)C. The van der Waals surface area contributed by atoms with E-state index in [0.717, 1.165) is 22.2 Å². The smallest absolute Gasteiger partial charge is 0.274 e. The van der Waals surface area contributed by atoms with Crippen molar-refractivity contribution in [1.82, 2.24) is 9.97 Å². The molecule has 0 aliphatic heterocycles. The van der Waals surface area contributed by atoms with Crippen molar-refractivity contribution < 1.29 is 23.1 Å². The number of aryl methyl sites for hydroxylation is 1. The molecule has 210 valence electrons. The lowest BCUT2D eigenvalue weighted by atomic mass is 10.1. The Labute approximate surface area is 246 Å². The Balaban J connectivity index is 1.33. The third-order valence-electron chi connectivity index (χ3n) is 7.22. The van der Waals surface area contributed by atoms with Crippen LogP contribution in [0.1, 0.15) is 26.5 Å². The van der Waals surface area contributed by atoms with E-state index in [2.05, 4.69) is 33.9 Å². The number of hydrogen-bond donors (Lipinski definition) is 2. The number of benzene rings is 3. The summed E-state index contributed by atoms with van der Waals surface area (Å²) in [7, 11) is 3.77. The average molecular weight is 571 g/mol. The van der Waals surface area contributed by atoms with Gasteiger partial charge in [0.25, 0.3) is 11.8 Å². The predicted octanol–water partition coefficient (Wildman–Crippen LogP) is 6.02. The van der Waals surface area contributed by atoms with Crippen LogP contribution in [0.15, 0.2) is 91.6 Å². The van der Waals surface area contributed by atoms with E-state index in [4.69, 9.17) is 0 Å². The number of nitrogens with zero attached hydrogens (tertiary/aromatic N) is 4. The van der Waals surface area contributed by atoms with Gasteiger partial charge in [0.15, 0.2) is 6.20 Å². The van der Waals surface area contributed by atoms with Crippen molar-refractivity contribution >= 4 is 74.4 Å². The van der Waals surface area contributed by atoms with Crippen molar-refractivity contribution in [2.75, 3.05) is 17.7 Å². The van der Waals surface area contributed by atoms with Crippen LogP contribution in [0, 0.1) is 5.82 Å². The van der Waals surface area contributed by atoms with Gasteiger partial charge in [-0.2, -0.15) is 0 Å². The summed E-state index contributed by atoms with van der Waals surface area (Å²) >= 11 is 0. The Morgan fingerprint density at radius 3 is 2.26 bits per heavy atom. The van der Waals surface area contributed by atoms with Crippen molar-refractivity contribution in [3.05, 3.63) is 114 Å². The molecule has 9 heteroatoms. The van der Waals surface area contributed by atoms with Crippen LogP contribution in [0.4, 0.5) is 21.5 Å². The molecule has 2 amide bonds. The number of pyridine rings is 3. The minimum absolute atomic E-state index is 0.0684. The quantitative estimate of drug-likeness (QED) is 0.146. The van der Waals surface area contributed by atoms with Gasteiger partial charge in [-0.3, -0.25) is 9.59 Å². The minimum Gasteiger partial charge on any atom is -0.321 e. The lowest BCUT2D eigenvalue weighted by Crippen LogP contribution is -2.27. The third kappa shape index (κ3) is 5.19. The molecule has 0 aliphatic rings. The maximum atomic E-state index is 15.0. The lowest BCUT2D eigenvalue weighted by Gasteiger charge is -2.10. The molecule has 0 atom stereocenters. The molecule has 0 unspecified atom stereocenters. The van der Waals surface area contributed by atoms with Gasteiger partial charge >= 0.3 is 0 Å². The summed E-state index contributed by atoms with van der Waals surface area (Å²) in [5, 5.41) is 7.33. The summed E-state index contributed by atoms with van der Waals surface area (Å²) in [5.41, 5.74) is 4.49.